The predicted molar refractivity (Wildman–Crippen MR) is 82.4 cm³/mol. The van der Waals surface area contributed by atoms with Crippen molar-refractivity contribution in [2.45, 2.75) is 32.2 Å². The third kappa shape index (κ3) is 2.80. The summed E-state index contributed by atoms with van der Waals surface area (Å²) < 4.78 is 0. The number of rotatable bonds is 6. The minimum Gasteiger partial charge on any atom is -0.394 e. The molecule has 0 aliphatic carbocycles. The van der Waals surface area contributed by atoms with Crippen molar-refractivity contribution < 1.29 is 10.0 Å². The highest BCUT2D eigenvalue weighted by molar-refractivity contribution is 5.94. The number of hydrogen-bond donors (Lipinski definition) is 2. The average Bonchev–Trinajstić information content (AvgIpc) is 2.52. The van der Waals surface area contributed by atoms with Gasteiger partial charge in [-0.25, -0.2) is 0 Å². The molecule has 0 aliphatic rings. The minimum atomic E-state index is -0.555. The number of nitro groups is 1. The Labute approximate surface area is 123 Å². The number of aliphatic hydroxyl groups is 1. The Morgan fingerprint density at radius 1 is 1.33 bits per heavy atom. The molecule has 0 unspecified atom stereocenters. The smallest absolute Gasteiger partial charge is 0.301 e. The van der Waals surface area contributed by atoms with Crippen LogP contribution in [0.4, 0.5) is 11.4 Å². The summed E-state index contributed by atoms with van der Waals surface area (Å²) in [4.78, 5) is 15.2. The van der Waals surface area contributed by atoms with Crippen molar-refractivity contribution in [2.24, 2.45) is 0 Å². The van der Waals surface area contributed by atoms with Gasteiger partial charge in [-0.3, -0.25) is 15.1 Å². The molecule has 0 radical (unpaired) electrons. The molecule has 6 nitrogen and oxygen atoms in total. The van der Waals surface area contributed by atoms with Crippen molar-refractivity contribution >= 4 is 22.3 Å². The van der Waals surface area contributed by atoms with Crippen LogP contribution in [0.3, 0.4) is 0 Å². The fraction of sp³-hybridized carbons (Fsp3) is 0.400. The van der Waals surface area contributed by atoms with Crippen LogP contribution in [0.2, 0.25) is 0 Å². The van der Waals surface area contributed by atoms with Gasteiger partial charge in [0.25, 0.3) is 0 Å². The van der Waals surface area contributed by atoms with E-state index >= 15 is 0 Å². The summed E-state index contributed by atoms with van der Waals surface area (Å²) in [6.45, 7) is 3.81. The molecule has 6 heteroatoms. The number of benzene rings is 1. The number of nitro benzene ring substituents is 1. The van der Waals surface area contributed by atoms with Gasteiger partial charge in [0.05, 0.1) is 28.0 Å². The lowest BCUT2D eigenvalue weighted by Crippen LogP contribution is -2.41. The van der Waals surface area contributed by atoms with E-state index in [1.54, 1.807) is 30.5 Å². The molecule has 2 aromatic rings. The average molecular weight is 289 g/mol. The quantitative estimate of drug-likeness (QED) is 0.630. The lowest BCUT2D eigenvalue weighted by molar-refractivity contribution is -0.382. The first kappa shape index (κ1) is 15.2. The van der Waals surface area contributed by atoms with E-state index in [0.29, 0.717) is 29.4 Å². The van der Waals surface area contributed by atoms with E-state index in [2.05, 4.69) is 10.3 Å². The highest BCUT2D eigenvalue weighted by Gasteiger charge is 2.29. The van der Waals surface area contributed by atoms with Crippen LogP contribution in [0.1, 0.15) is 26.7 Å². The maximum absolute atomic E-state index is 11.5. The molecule has 0 atom stereocenters. The number of fused-ring (bicyclic) bond motifs is 1. The van der Waals surface area contributed by atoms with Crippen LogP contribution in [-0.4, -0.2) is 27.2 Å². The molecule has 0 bridgehead atoms. The van der Waals surface area contributed by atoms with E-state index in [1.807, 2.05) is 13.8 Å². The Hall–Kier alpha value is -2.21. The third-order valence-corrected chi connectivity index (χ3v) is 4.00. The molecular formula is C15H19N3O3. The van der Waals surface area contributed by atoms with E-state index in [1.165, 1.54) is 0 Å². The van der Waals surface area contributed by atoms with Crippen LogP contribution in [0.25, 0.3) is 10.9 Å². The first-order chi connectivity index (χ1) is 10.1. The van der Waals surface area contributed by atoms with Crippen molar-refractivity contribution in [1.82, 2.24) is 4.98 Å². The number of hydrogen-bond acceptors (Lipinski definition) is 5. The molecule has 2 N–H and O–H groups in total. The zero-order chi connectivity index (χ0) is 15.5. The number of nitrogens with one attached hydrogen (secondary N) is 1. The Morgan fingerprint density at radius 3 is 2.62 bits per heavy atom. The van der Waals surface area contributed by atoms with Crippen LogP contribution < -0.4 is 5.32 Å². The molecule has 0 aliphatic heterocycles. The van der Waals surface area contributed by atoms with Gasteiger partial charge in [-0.05, 0) is 37.1 Å². The van der Waals surface area contributed by atoms with Crippen LogP contribution >= 0.6 is 0 Å². The Kier molecular flexibility index (Phi) is 4.37. The molecule has 0 fully saturated rings. The SMILES string of the molecule is CCC(CC)(CO)Nc1ccc2ncccc2c1[N+](=O)[O-]. The third-order valence-electron chi connectivity index (χ3n) is 4.00. The van der Waals surface area contributed by atoms with Gasteiger partial charge in [-0.1, -0.05) is 13.8 Å². The molecular weight excluding hydrogens is 270 g/mol. The van der Waals surface area contributed by atoms with Crippen molar-refractivity contribution in [3.8, 4) is 0 Å². The van der Waals surface area contributed by atoms with Crippen molar-refractivity contribution in [3.05, 3.63) is 40.6 Å². The Morgan fingerprint density at radius 2 is 2.05 bits per heavy atom. The Bertz CT molecular complexity index is 645. The number of nitrogens with zero attached hydrogens (tertiary/aromatic N) is 2. The second-order valence-electron chi connectivity index (χ2n) is 5.06. The molecule has 0 saturated carbocycles. The molecule has 0 spiro atoms. The number of pyridine rings is 1. The first-order valence-corrected chi connectivity index (χ1v) is 6.98. The summed E-state index contributed by atoms with van der Waals surface area (Å²) >= 11 is 0. The van der Waals surface area contributed by atoms with Crippen LogP contribution in [0.15, 0.2) is 30.5 Å². The van der Waals surface area contributed by atoms with Gasteiger partial charge in [0.15, 0.2) is 0 Å². The van der Waals surface area contributed by atoms with Gasteiger partial charge < -0.3 is 10.4 Å². The zero-order valence-electron chi connectivity index (χ0n) is 12.2. The zero-order valence-corrected chi connectivity index (χ0v) is 12.2. The summed E-state index contributed by atoms with van der Waals surface area (Å²) in [6.07, 6.45) is 2.94. The normalized spacial score (nSPS) is 11.6. The lowest BCUT2D eigenvalue weighted by Gasteiger charge is -2.31. The fourth-order valence-corrected chi connectivity index (χ4v) is 2.41. The van der Waals surface area contributed by atoms with E-state index < -0.39 is 10.5 Å². The van der Waals surface area contributed by atoms with Gasteiger partial charge in [-0.2, -0.15) is 0 Å². The van der Waals surface area contributed by atoms with Crippen LogP contribution in [-0.2, 0) is 0 Å². The van der Waals surface area contributed by atoms with Gasteiger partial charge in [0, 0.05) is 6.20 Å². The van der Waals surface area contributed by atoms with E-state index in [-0.39, 0.29) is 12.3 Å². The topological polar surface area (TPSA) is 88.3 Å². The van der Waals surface area contributed by atoms with E-state index in [4.69, 9.17) is 0 Å². The molecule has 2 rings (SSSR count). The minimum absolute atomic E-state index is 0.000301. The monoisotopic (exact) mass is 289 g/mol. The van der Waals surface area contributed by atoms with Gasteiger partial charge in [0.1, 0.15) is 5.69 Å². The fourth-order valence-electron chi connectivity index (χ4n) is 2.41. The lowest BCUT2D eigenvalue weighted by atomic mass is 9.93. The second-order valence-corrected chi connectivity index (χ2v) is 5.06. The van der Waals surface area contributed by atoms with Crippen molar-refractivity contribution in [2.75, 3.05) is 11.9 Å². The molecule has 1 heterocycles. The largest absolute Gasteiger partial charge is 0.394 e. The summed E-state index contributed by atoms with van der Waals surface area (Å²) in [5, 5.41) is 24.8. The number of anilines is 1. The molecule has 112 valence electrons. The summed E-state index contributed by atoms with van der Waals surface area (Å²) in [6, 6.07) is 6.77. The summed E-state index contributed by atoms with van der Waals surface area (Å²) in [7, 11) is 0. The highest BCUT2D eigenvalue weighted by Crippen LogP contribution is 2.35. The van der Waals surface area contributed by atoms with Crippen LogP contribution in [0.5, 0.6) is 0 Å². The van der Waals surface area contributed by atoms with E-state index in [9.17, 15) is 15.2 Å². The predicted octanol–water partition coefficient (Wildman–Crippen LogP) is 3.11. The molecule has 0 amide bonds. The van der Waals surface area contributed by atoms with Gasteiger partial charge in [0.2, 0.25) is 0 Å². The second kappa shape index (κ2) is 6.05. The summed E-state index contributed by atoms with van der Waals surface area (Å²) in [5.74, 6) is 0. The molecule has 21 heavy (non-hydrogen) atoms. The summed E-state index contributed by atoms with van der Waals surface area (Å²) in [5.41, 5.74) is 0.441. The molecule has 1 aromatic heterocycles. The van der Waals surface area contributed by atoms with E-state index in [0.717, 1.165) is 0 Å². The first-order valence-electron chi connectivity index (χ1n) is 6.98. The molecule has 0 saturated heterocycles. The standard InChI is InChI=1S/C15H19N3O3/c1-3-15(4-2,10-19)17-13-8-7-12-11(6-5-9-16-12)14(13)18(20)21/h5-9,17,19H,3-4,10H2,1-2H3. The maximum atomic E-state index is 11.5. The molecule has 1 aromatic carbocycles. The van der Waals surface area contributed by atoms with Gasteiger partial charge in [-0.15, -0.1) is 0 Å². The highest BCUT2D eigenvalue weighted by atomic mass is 16.6. The number of aromatic nitrogens is 1. The van der Waals surface area contributed by atoms with Gasteiger partial charge >= 0.3 is 5.69 Å². The van der Waals surface area contributed by atoms with Crippen molar-refractivity contribution in [3.63, 3.8) is 0 Å². The van der Waals surface area contributed by atoms with Crippen LogP contribution in [0, 0.1) is 10.1 Å². The number of aliphatic hydroxyl groups excluding tert-OH is 1. The maximum Gasteiger partial charge on any atom is 0.301 e. The Balaban J connectivity index is 2.58. The van der Waals surface area contributed by atoms with Crippen molar-refractivity contribution in [1.29, 1.82) is 0 Å².